The molecule has 1 aromatic heterocycles. The molecule has 1 atom stereocenters. The lowest BCUT2D eigenvalue weighted by Gasteiger charge is -2.13. The van der Waals surface area contributed by atoms with E-state index in [-0.39, 0.29) is 0 Å². The molecule has 19 heavy (non-hydrogen) atoms. The van der Waals surface area contributed by atoms with Gasteiger partial charge in [-0.3, -0.25) is 0 Å². The van der Waals surface area contributed by atoms with Crippen LogP contribution < -0.4 is 5.32 Å². The van der Waals surface area contributed by atoms with E-state index in [2.05, 4.69) is 49.5 Å². The summed E-state index contributed by atoms with van der Waals surface area (Å²) >= 11 is 1.54. The molecule has 0 aliphatic heterocycles. The molecule has 98 valence electrons. The molecule has 0 fully saturated rings. The van der Waals surface area contributed by atoms with Crippen molar-refractivity contribution < 1.29 is 0 Å². The summed E-state index contributed by atoms with van der Waals surface area (Å²) in [4.78, 5) is 1.91. The lowest BCUT2D eigenvalue weighted by molar-refractivity contribution is 0.571. The predicted octanol–water partition coefficient (Wildman–Crippen LogP) is 4.35. The number of benzene rings is 1. The molecule has 1 N–H and O–H groups in total. The fourth-order valence-corrected chi connectivity index (χ4v) is 2.78. The zero-order valence-electron chi connectivity index (χ0n) is 11.3. The van der Waals surface area contributed by atoms with Crippen LogP contribution in [0.2, 0.25) is 0 Å². The molecule has 1 aromatic carbocycles. The maximum absolute atomic E-state index is 8.85. The fourth-order valence-electron chi connectivity index (χ4n) is 1.97. The SMILES string of the molecule is CCCNC(C)c1ccc(-c2ccc(C#N)s2)cc1. The molecule has 0 aliphatic rings. The molecule has 2 aromatic rings. The van der Waals surface area contributed by atoms with Gasteiger partial charge in [-0.25, -0.2) is 0 Å². The molecule has 2 rings (SSSR count). The van der Waals surface area contributed by atoms with Gasteiger partial charge < -0.3 is 5.32 Å². The Morgan fingerprint density at radius 1 is 1.21 bits per heavy atom. The van der Waals surface area contributed by atoms with Gasteiger partial charge in [-0.05, 0) is 43.1 Å². The average Bonchev–Trinajstić information content (AvgIpc) is 2.94. The van der Waals surface area contributed by atoms with Crippen molar-refractivity contribution in [2.45, 2.75) is 26.3 Å². The van der Waals surface area contributed by atoms with Crippen LogP contribution in [0.3, 0.4) is 0 Å². The summed E-state index contributed by atoms with van der Waals surface area (Å²) in [5, 5.41) is 12.3. The summed E-state index contributed by atoms with van der Waals surface area (Å²) in [6, 6.07) is 15.0. The van der Waals surface area contributed by atoms with Crippen LogP contribution in [0.4, 0.5) is 0 Å². The summed E-state index contributed by atoms with van der Waals surface area (Å²) < 4.78 is 0. The van der Waals surface area contributed by atoms with Crippen molar-refractivity contribution in [2.75, 3.05) is 6.54 Å². The predicted molar refractivity (Wildman–Crippen MR) is 81.2 cm³/mol. The topological polar surface area (TPSA) is 35.8 Å². The van der Waals surface area contributed by atoms with Gasteiger partial charge in [-0.15, -0.1) is 11.3 Å². The second kappa shape index (κ2) is 6.51. The highest BCUT2D eigenvalue weighted by atomic mass is 32.1. The van der Waals surface area contributed by atoms with Gasteiger partial charge in [0.1, 0.15) is 10.9 Å². The first-order valence-electron chi connectivity index (χ1n) is 6.58. The van der Waals surface area contributed by atoms with E-state index in [0.717, 1.165) is 22.7 Å². The van der Waals surface area contributed by atoms with Crippen molar-refractivity contribution in [3.63, 3.8) is 0 Å². The highest BCUT2D eigenvalue weighted by Crippen LogP contribution is 2.28. The van der Waals surface area contributed by atoms with Gasteiger partial charge in [-0.1, -0.05) is 31.2 Å². The van der Waals surface area contributed by atoms with E-state index in [9.17, 15) is 0 Å². The Morgan fingerprint density at radius 2 is 1.95 bits per heavy atom. The minimum Gasteiger partial charge on any atom is -0.310 e. The van der Waals surface area contributed by atoms with E-state index >= 15 is 0 Å². The van der Waals surface area contributed by atoms with Crippen LogP contribution in [0.25, 0.3) is 10.4 Å². The highest BCUT2D eigenvalue weighted by Gasteiger charge is 2.06. The quantitative estimate of drug-likeness (QED) is 0.877. The maximum atomic E-state index is 8.85. The third kappa shape index (κ3) is 3.44. The van der Waals surface area contributed by atoms with Crippen molar-refractivity contribution >= 4 is 11.3 Å². The van der Waals surface area contributed by atoms with Crippen molar-refractivity contribution in [3.8, 4) is 16.5 Å². The normalized spacial score (nSPS) is 12.1. The summed E-state index contributed by atoms with van der Waals surface area (Å²) in [5.74, 6) is 0. The van der Waals surface area contributed by atoms with Gasteiger partial charge in [0.25, 0.3) is 0 Å². The van der Waals surface area contributed by atoms with E-state index in [1.54, 1.807) is 0 Å². The lowest BCUT2D eigenvalue weighted by Crippen LogP contribution is -2.19. The highest BCUT2D eigenvalue weighted by molar-refractivity contribution is 7.16. The van der Waals surface area contributed by atoms with Gasteiger partial charge in [0.05, 0.1) is 0 Å². The Bertz CT molecular complexity index is 563. The van der Waals surface area contributed by atoms with E-state index < -0.39 is 0 Å². The molecule has 1 unspecified atom stereocenters. The molecule has 1 heterocycles. The van der Waals surface area contributed by atoms with Crippen LogP contribution in [0.1, 0.15) is 36.8 Å². The van der Waals surface area contributed by atoms with Crippen LogP contribution in [-0.4, -0.2) is 6.54 Å². The standard InChI is InChI=1S/C16H18N2S/c1-3-10-18-12(2)13-4-6-14(7-5-13)16-9-8-15(11-17)19-16/h4-9,12,18H,3,10H2,1-2H3. The fraction of sp³-hybridized carbons (Fsp3) is 0.312. The monoisotopic (exact) mass is 270 g/mol. The zero-order valence-corrected chi connectivity index (χ0v) is 12.1. The Hall–Kier alpha value is -1.63. The molecular weight excluding hydrogens is 252 g/mol. The summed E-state index contributed by atoms with van der Waals surface area (Å²) in [6.07, 6.45) is 1.15. The number of hydrogen-bond donors (Lipinski definition) is 1. The summed E-state index contributed by atoms with van der Waals surface area (Å²) in [5.41, 5.74) is 2.48. The van der Waals surface area contributed by atoms with Crippen LogP contribution in [0.15, 0.2) is 36.4 Å². The third-order valence-corrected chi connectivity index (χ3v) is 4.15. The van der Waals surface area contributed by atoms with Gasteiger partial charge in [0, 0.05) is 10.9 Å². The second-order valence-corrected chi connectivity index (χ2v) is 5.66. The van der Waals surface area contributed by atoms with E-state index in [0.29, 0.717) is 6.04 Å². The minimum absolute atomic E-state index is 0.381. The molecule has 0 bridgehead atoms. The summed E-state index contributed by atoms with van der Waals surface area (Å²) in [7, 11) is 0. The number of nitriles is 1. The van der Waals surface area contributed by atoms with E-state index in [1.165, 1.54) is 22.5 Å². The molecule has 0 saturated carbocycles. The smallest absolute Gasteiger partial charge is 0.110 e. The molecule has 0 amide bonds. The van der Waals surface area contributed by atoms with E-state index in [1.807, 2.05) is 12.1 Å². The Labute approximate surface area is 118 Å². The first kappa shape index (κ1) is 13.8. The van der Waals surface area contributed by atoms with Gasteiger partial charge in [-0.2, -0.15) is 5.26 Å². The van der Waals surface area contributed by atoms with Crippen LogP contribution in [0, 0.1) is 11.3 Å². The Balaban J connectivity index is 2.12. The van der Waals surface area contributed by atoms with Crippen molar-refractivity contribution in [1.29, 1.82) is 5.26 Å². The molecule has 0 aliphatic carbocycles. The van der Waals surface area contributed by atoms with E-state index in [4.69, 9.17) is 5.26 Å². The van der Waals surface area contributed by atoms with Crippen LogP contribution >= 0.6 is 11.3 Å². The number of hydrogen-bond acceptors (Lipinski definition) is 3. The Kier molecular flexibility index (Phi) is 4.73. The molecular formula is C16H18N2S. The Morgan fingerprint density at radius 3 is 2.53 bits per heavy atom. The van der Waals surface area contributed by atoms with Crippen LogP contribution in [0.5, 0.6) is 0 Å². The van der Waals surface area contributed by atoms with Gasteiger partial charge in [0.15, 0.2) is 0 Å². The molecule has 2 nitrogen and oxygen atoms in total. The average molecular weight is 270 g/mol. The number of nitrogens with one attached hydrogen (secondary N) is 1. The number of nitrogens with zero attached hydrogens (tertiary/aromatic N) is 1. The number of thiophene rings is 1. The third-order valence-electron chi connectivity index (χ3n) is 3.11. The number of rotatable bonds is 5. The molecule has 3 heteroatoms. The largest absolute Gasteiger partial charge is 0.310 e. The second-order valence-electron chi connectivity index (χ2n) is 4.57. The van der Waals surface area contributed by atoms with Gasteiger partial charge in [0.2, 0.25) is 0 Å². The van der Waals surface area contributed by atoms with Crippen molar-refractivity contribution in [1.82, 2.24) is 5.32 Å². The first-order valence-corrected chi connectivity index (χ1v) is 7.40. The van der Waals surface area contributed by atoms with Gasteiger partial charge >= 0.3 is 0 Å². The molecule has 0 radical (unpaired) electrons. The molecule has 0 spiro atoms. The maximum Gasteiger partial charge on any atom is 0.110 e. The van der Waals surface area contributed by atoms with Crippen molar-refractivity contribution in [3.05, 3.63) is 46.8 Å². The van der Waals surface area contributed by atoms with Crippen molar-refractivity contribution in [2.24, 2.45) is 0 Å². The first-order chi connectivity index (χ1) is 9.24. The zero-order chi connectivity index (χ0) is 13.7. The summed E-state index contributed by atoms with van der Waals surface area (Å²) in [6.45, 7) is 5.40. The lowest BCUT2D eigenvalue weighted by atomic mass is 10.1. The minimum atomic E-state index is 0.381. The van der Waals surface area contributed by atoms with Crippen LogP contribution in [-0.2, 0) is 0 Å². The molecule has 0 saturated heterocycles.